The summed E-state index contributed by atoms with van der Waals surface area (Å²) in [6.07, 6.45) is 3.40. The molecule has 1 aromatic carbocycles. The highest BCUT2D eigenvalue weighted by Gasteiger charge is 2.16. The number of nitrogens with one attached hydrogen (secondary N) is 1. The summed E-state index contributed by atoms with van der Waals surface area (Å²) in [5.74, 6) is 1.34. The number of ether oxygens (including phenoxy) is 1. The summed E-state index contributed by atoms with van der Waals surface area (Å²) in [5, 5.41) is 14.2. The standard InChI is InChI=1S/C14H20N2O3/c1-11-13(16(17)18)3-2-4-14(11)19-10-7-12-5-8-15-9-6-12/h2-4,12,15H,5-10H2,1H3. The van der Waals surface area contributed by atoms with Crippen LogP contribution in [0.2, 0.25) is 0 Å². The number of hydrogen-bond acceptors (Lipinski definition) is 4. The van der Waals surface area contributed by atoms with Crippen molar-refractivity contribution >= 4 is 5.69 Å². The Hall–Kier alpha value is -1.62. The summed E-state index contributed by atoms with van der Waals surface area (Å²) < 4.78 is 5.71. The molecule has 0 unspecified atom stereocenters. The molecule has 0 bridgehead atoms. The SMILES string of the molecule is Cc1c(OCCC2CCNCC2)cccc1[N+](=O)[O-]. The van der Waals surface area contributed by atoms with E-state index in [9.17, 15) is 10.1 Å². The third-order valence-electron chi connectivity index (χ3n) is 3.69. The Balaban J connectivity index is 1.88. The molecule has 0 saturated carbocycles. The van der Waals surface area contributed by atoms with Crippen molar-refractivity contribution in [2.45, 2.75) is 26.2 Å². The maximum Gasteiger partial charge on any atom is 0.276 e. The summed E-state index contributed by atoms with van der Waals surface area (Å²) >= 11 is 0. The van der Waals surface area contributed by atoms with Crippen LogP contribution in [-0.2, 0) is 0 Å². The first-order valence-electron chi connectivity index (χ1n) is 6.76. The molecule has 0 aromatic heterocycles. The smallest absolute Gasteiger partial charge is 0.276 e. The van der Waals surface area contributed by atoms with E-state index in [1.54, 1.807) is 19.1 Å². The number of rotatable bonds is 5. The number of piperidine rings is 1. The molecule has 1 saturated heterocycles. The maximum absolute atomic E-state index is 10.8. The normalized spacial score (nSPS) is 16.3. The van der Waals surface area contributed by atoms with Crippen LogP contribution in [-0.4, -0.2) is 24.6 Å². The van der Waals surface area contributed by atoms with Gasteiger partial charge in [-0.15, -0.1) is 0 Å². The highest BCUT2D eigenvalue weighted by atomic mass is 16.6. The molecule has 1 N–H and O–H groups in total. The molecule has 0 atom stereocenters. The van der Waals surface area contributed by atoms with Crippen LogP contribution in [0.25, 0.3) is 0 Å². The number of nitrogens with zero attached hydrogens (tertiary/aromatic N) is 1. The minimum absolute atomic E-state index is 0.124. The Morgan fingerprint density at radius 3 is 2.84 bits per heavy atom. The second-order valence-electron chi connectivity index (χ2n) is 4.99. The van der Waals surface area contributed by atoms with Crippen molar-refractivity contribution in [3.8, 4) is 5.75 Å². The molecule has 2 rings (SSSR count). The van der Waals surface area contributed by atoms with Crippen LogP contribution in [0.5, 0.6) is 5.75 Å². The molecule has 0 amide bonds. The molecule has 104 valence electrons. The van der Waals surface area contributed by atoms with Gasteiger partial charge in [0, 0.05) is 6.07 Å². The van der Waals surface area contributed by atoms with Crippen molar-refractivity contribution in [2.24, 2.45) is 5.92 Å². The predicted octanol–water partition coefficient (Wildman–Crippen LogP) is 2.67. The van der Waals surface area contributed by atoms with Gasteiger partial charge in [0.1, 0.15) is 5.75 Å². The molecule has 5 nitrogen and oxygen atoms in total. The monoisotopic (exact) mass is 264 g/mol. The topological polar surface area (TPSA) is 64.4 Å². The Labute approximate surface area is 113 Å². The van der Waals surface area contributed by atoms with Crippen LogP contribution in [0.15, 0.2) is 18.2 Å². The fraction of sp³-hybridized carbons (Fsp3) is 0.571. The second kappa shape index (κ2) is 6.52. The van der Waals surface area contributed by atoms with E-state index in [0.717, 1.165) is 19.5 Å². The van der Waals surface area contributed by atoms with Gasteiger partial charge in [-0.05, 0) is 51.3 Å². The maximum atomic E-state index is 10.8. The van der Waals surface area contributed by atoms with Gasteiger partial charge in [-0.1, -0.05) is 6.07 Å². The lowest BCUT2D eigenvalue weighted by Crippen LogP contribution is -2.28. The van der Waals surface area contributed by atoms with Crippen LogP contribution < -0.4 is 10.1 Å². The number of nitro benzene ring substituents is 1. The number of hydrogen-bond donors (Lipinski definition) is 1. The van der Waals surface area contributed by atoms with Crippen molar-refractivity contribution in [3.05, 3.63) is 33.9 Å². The number of benzene rings is 1. The first kappa shape index (κ1) is 13.8. The van der Waals surface area contributed by atoms with Crippen LogP contribution in [0.1, 0.15) is 24.8 Å². The van der Waals surface area contributed by atoms with Gasteiger partial charge in [-0.2, -0.15) is 0 Å². The van der Waals surface area contributed by atoms with E-state index in [4.69, 9.17) is 4.74 Å². The summed E-state index contributed by atoms with van der Waals surface area (Å²) in [4.78, 5) is 10.5. The molecule has 1 fully saturated rings. The van der Waals surface area contributed by atoms with Crippen molar-refractivity contribution in [1.29, 1.82) is 0 Å². The van der Waals surface area contributed by atoms with Crippen LogP contribution in [0, 0.1) is 23.0 Å². The Morgan fingerprint density at radius 2 is 2.16 bits per heavy atom. The molecule has 1 aromatic rings. The molecule has 0 radical (unpaired) electrons. The second-order valence-corrected chi connectivity index (χ2v) is 4.99. The molecular formula is C14H20N2O3. The fourth-order valence-corrected chi connectivity index (χ4v) is 2.46. The van der Waals surface area contributed by atoms with Crippen LogP contribution >= 0.6 is 0 Å². The lowest BCUT2D eigenvalue weighted by Gasteiger charge is -2.22. The summed E-state index contributed by atoms with van der Waals surface area (Å²) in [5.41, 5.74) is 0.733. The van der Waals surface area contributed by atoms with Gasteiger partial charge < -0.3 is 10.1 Å². The van der Waals surface area contributed by atoms with Gasteiger partial charge in [0.25, 0.3) is 5.69 Å². The average molecular weight is 264 g/mol. The predicted molar refractivity (Wildman–Crippen MR) is 73.5 cm³/mol. The molecule has 0 aliphatic carbocycles. The van der Waals surface area contributed by atoms with Crippen LogP contribution in [0.3, 0.4) is 0 Å². The van der Waals surface area contributed by atoms with E-state index in [0.29, 0.717) is 23.8 Å². The first-order valence-corrected chi connectivity index (χ1v) is 6.76. The van der Waals surface area contributed by atoms with Crippen molar-refractivity contribution < 1.29 is 9.66 Å². The minimum Gasteiger partial charge on any atom is -0.493 e. The largest absolute Gasteiger partial charge is 0.493 e. The van der Waals surface area contributed by atoms with Gasteiger partial charge in [-0.3, -0.25) is 10.1 Å². The summed E-state index contributed by atoms with van der Waals surface area (Å²) in [6.45, 7) is 4.53. The van der Waals surface area contributed by atoms with E-state index in [2.05, 4.69) is 5.32 Å². The zero-order valence-electron chi connectivity index (χ0n) is 11.2. The third kappa shape index (κ3) is 3.67. The zero-order chi connectivity index (χ0) is 13.7. The van der Waals surface area contributed by atoms with E-state index in [1.165, 1.54) is 18.9 Å². The minimum atomic E-state index is -0.366. The van der Waals surface area contributed by atoms with Crippen molar-refractivity contribution in [3.63, 3.8) is 0 Å². The fourth-order valence-electron chi connectivity index (χ4n) is 2.46. The van der Waals surface area contributed by atoms with Gasteiger partial charge in [-0.25, -0.2) is 0 Å². The third-order valence-corrected chi connectivity index (χ3v) is 3.69. The summed E-state index contributed by atoms with van der Waals surface area (Å²) in [6, 6.07) is 4.98. The molecule has 1 aliphatic heterocycles. The molecule has 1 aliphatic rings. The molecule has 1 heterocycles. The Bertz CT molecular complexity index is 442. The molecule has 5 heteroatoms. The van der Waals surface area contributed by atoms with Gasteiger partial charge >= 0.3 is 0 Å². The zero-order valence-corrected chi connectivity index (χ0v) is 11.2. The quantitative estimate of drug-likeness (QED) is 0.656. The van der Waals surface area contributed by atoms with Gasteiger partial charge in [0.15, 0.2) is 0 Å². The molecule has 19 heavy (non-hydrogen) atoms. The van der Waals surface area contributed by atoms with Crippen molar-refractivity contribution in [2.75, 3.05) is 19.7 Å². The van der Waals surface area contributed by atoms with Gasteiger partial charge in [0.2, 0.25) is 0 Å². The van der Waals surface area contributed by atoms with Crippen LogP contribution in [0.4, 0.5) is 5.69 Å². The highest BCUT2D eigenvalue weighted by molar-refractivity contribution is 5.48. The Morgan fingerprint density at radius 1 is 1.42 bits per heavy atom. The van der Waals surface area contributed by atoms with E-state index >= 15 is 0 Å². The number of nitro groups is 1. The molecule has 0 spiro atoms. The van der Waals surface area contributed by atoms with E-state index < -0.39 is 0 Å². The van der Waals surface area contributed by atoms with Crippen molar-refractivity contribution in [1.82, 2.24) is 5.32 Å². The lowest BCUT2D eigenvalue weighted by atomic mass is 9.95. The average Bonchev–Trinajstić information content (AvgIpc) is 2.41. The van der Waals surface area contributed by atoms with E-state index in [1.807, 2.05) is 0 Å². The lowest BCUT2D eigenvalue weighted by molar-refractivity contribution is -0.385. The summed E-state index contributed by atoms with van der Waals surface area (Å²) in [7, 11) is 0. The van der Waals surface area contributed by atoms with Gasteiger partial charge in [0.05, 0.1) is 17.1 Å². The van der Waals surface area contributed by atoms with E-state index in [-0.39, 0.29) is 10.6 Å². The highest BCUT2D eigenvalue weighted by Crippen LogP contribution is 2.27. The Kier molecular flexibility index (Phi) is 4.74. The first-order chi connectivity index (χ1) is 9.18. The molecular weight excluding hydrogens is 244 g/mol.